The lowest BCUT2D eigenvalue weighted by molar-refractivity contribution is 0.0979. The van der Waals surface area contributed by atoms with Crippen molar-refractivity contribution in [2.75, 3.05) is 9.80 Å². The van der Waals surface area contributed by atoms with E-state index < -0.39 is 0 Å². The van der Waals surface area contributed by atoms with Gasteiger partial charge >= 0.3 is 0 Å². The maximum atomic E-state index is 14.3. The molecular formula is C66H66N2O2. The molecule has 0 fully saturated rings. The third-order valence-corrected chi connectivity index (χ3v) is 13.9. The zero-order valence-corrected chi connectivity index (χ0v) is 42.3. The average molecular weight is 919 g/mol. The number of hydrogen-bond acceptors (Lipinski definition) is 4. The molecule has 0 saturated heterocycles. The van der Waals surface area contributed by atoms with Crippen LogP contribution in [0.15, 0.2) is 182 Å². The van der Waals surface area contributed by atoms with Crippen LogP contribution in [0.2, 0.25) is 0 Å². The first-order chi connectivity index (χ1) is 33.7. The van der Waals surface area contributed by atoms with Crippen LogP contribution in [0.5, 0.6) is 0 Å². The second kappa shape index (κ2) is 20.0. The zero-order valence-electron chi connectivity index (χ0n) is 42.3. The highest BCUT2D eigenvalue weighted by Crippen LogP contribution is 2.40. The van der Waals surface area contributed by atoms with Crippen molar-refractivity contribution < 1.29 is 9.59 Å². The summed E-state index contributed by atoms with van der Waals surface area (Å²) in [6, 6.07) is 63.9. The van der Waals surface area contributed by atoms with Gasteiger partial charge in [0.1, 0.15) is 0 Å². The van der Waals surface area contributed by atoms with Crippen molar-refractivity contribution in [1.82, 2.24) is 0 Å². The number of anilines is 6. The summed E-state index contributed by atoms with van der Waals surface area (Å²) in [5.41, 5.74) is 17.3. The predicted octanol–water partition coefficient (Wildman–Crippen LogP) is 18.0. The fourth-order valence-corrected chi connectivity index (χ4v) is 9.62. The minimum absolute atomic E-state index is 0.0525. The molecule has 0 radical (unpaired) electrons. The van der Waals surface area contributed by atoms with E-state index in [1.807, 2.05) is 36.4 Å². The lowest BCUT2D eigenvalue weighted by Gasteiger charge is -2.27. The van der Waals surface area contributed by atoms with E-state index in [0.29, 0.717) is 22.3 Å². The molecule has 0 aliphatic heterocycles. The third-order valence-electron chi connectivity index (χ3n) is 13.9. The Morgan fingerprint density at radius 1 is 0.329 bits per heavy atom. The van der Waals surface area contributed by atoms with Gasteiger partial charge in [-0.2, -0.15) is 0 Å². The van der Waals surface area contributed by atoms with Crippen molar-refractivity contribution in [2.24, 2.45) is 0 Å². The minimum atomic E-state index is -0.133. The molecule has 8 aromatic rings. The Kier molecular flexibility index (Phi) is 13.6. The monoisotopic (exact) mass is 919 g/mol. The Balaban J connectivity index is 0.969. The standard InChI is InChI=1S/C66H66N2O2/c1-9-11-13-45-15-29-53(30-16-45)67(57-37-25-51(26-38-57)65(3,4)5)55-33-19-47(20-34-55)49-23-41-59-61(43-49)63(69)60-42-24-50(44-62(60)64(59)70)48-21-35-56(36-22-48)68(54-31-17-46(18-32-54)14-12-10-2)58-39-27-52(28-40-58)66(6,7)8/h15-44H,9-14H2,1-8H3. The maximum absolute atomic E-state index is 14.3. The maximum Gasteiger partial charge on any atom is 0.194 e. The van der Waals surface area contributed by atoms with E-state index in [1.54, 1.807) is 0 Å². The second-order valence-electron chi connectivity index (χ2n) is 21.1. The summed E-state index contributed by atoms with van der Waals surface area (Å²) in [7, 11) is 0. The Labute approximate surface area is 416 Å². The van der Waals surface area contributed by atoms with Gasteiger partial charge in [0.15, 0.2) is 11.6 Å². The number of benzene rings is 8. The molecule has 0 heterocycles. The molecule has 0 aromatic heterocycles. The molecule has 0 N–H and O–H groups in total. The van der Waals surface area contributed by atoms with E-state index in [0.717, 1.165) is 69.2 Å². The largest absolute Gasteiger partial charge is 0.311 e. The molecule has 4 heteroatoms. The predicted molar refractivity (Wildman–Crippen MR) is 295 cm³/mol. The van der Waals surface area contributed by atoms with Gasteiger partial charge in [0, 0.05) is 56.4 Å². The van der Waals surface area contributed by atoms with Crippen molar-refractivity contribution in [2.45, 2.75) is 105 Å². The van der Waals surface area contributed by atoms with E-state index in [9.17, 15) is 9.59 Å². The summed E-state index contributed by atoms with van der Waals surface area (Å²) in [5, 5.41) is 0. The Bertz CT molecular complexity index is 2900. The molecule has 70 heavy (non-hydrogen) atoms. The van der Waals surface area contributed by atoms with Crippen LogP contribution in [-0.4, -0.2) is 11.6 Å². The van der Waals surface area contributed by atoms with Crippen molar-refractivity contribution in [3.05, 3.63) is 226 Å². The summed E-state index contributed by atoms with van der Waals surface area (Å²) in [6.07, 6.45) is 6.84. The van der Waals surface area contributed by atoms with Crippen LogP contribution in [0.4, 0.5) is 34.1 Å². The molecule has 352 valence electrons. The van der Waals surface area contributed by atoms with E-state index >= 15 is 0 Å². The first-order valence-electron chi connectivity index (χ1n) is 25.3. The first-order valence-corrected chi connectivity index (χ1v) is 25.3. The molecule has 0 unspecified atom stereocenters. The van der Waals surface area contributed by atoms with Crippen LogP contribution >= 0.6 is 0 Å². The van der Waals surface area contributed by atoms with Gasteiger partial charge < -0.3 is 9.80 Å². The molecule has 9 rings (SSSR count). The summed E-state index contributed by atoms with van der Waals surface area (Å²) in [5.74, 6) is -0.267. The number of fused-ring (bicyclic) bond motifs is 2. The fourth-order valence-electron chi connectivity index (χ4n) is 9.62. The molecule has 0 amide bonds. The van der Waals surface area contributed by atoms with Crippen LogP contribution in [0.3, 0.4) is 0 Å². The Hall–Kier alpha value is -7.30. The van der Waals surface area contributed by atoms with Crippen LogP contribution in [0, 0.1) is 0 Å². The number of unbranched alkanes of at least 4 members (excludes halogenated alkanes) is 2. The molecular weight excluding hydrogens is 853 g/mol. The van der Waals surface area contributed by atoms with Gasteiger partial charge in [0.2, 0.25) is 0 Å². The summed E-state index contributed by atoms with van der Waals surface area (Å²) in [6.45, 7) is 17.9. The van der Waals surface area contributed by atoms with E-state index in [-0.39, 0.29) is 22.4 Å². The number of aryl methyl sites for hydroxylation is 2. The summed E-state index contributed by atoms with van der Waals surface area (Å²) in [4.78, 5) is 33.2. The third kappa shape index (κ3) is 10.1. The highest BCUT2D eigenvalue weighted by molar-refractivity contribution is 6.29. The van der Waals surface area contributed by atoms with Crippen LogP contribution in [-0.2, 0) is 23.7 Å². The van der Waals surface area contributed by atoms with Gasteiger partial charge in [-0.15, -0.1) is 0 Å². The van der Waals surface area contributed by atoms with Crippen LogP contribution in [0.25, 0.3) is 22.3 Å². The Morgan fingerprint density at radius 3 is 0.886 bits per heavy atom. The lowest BCUT2D eigenvalue weighted by atomic mass is 9.81. The number of hydrogen-bond donors (Lipinski definition) is 0. The van der Waals surface area contributed by atoms with Gasteiger partial charge in [-0.05, 0) is 178 Å². The van der Waals surface area contributed by atoms with Crippen molar-refractivity contribution in [1.29, 1.82) is 0 Å². The number of ketones is 2. The quantitative estimate of drug-likeness (QED) is 0.109. The second-order valence-corrected chi connectivity index (χ2v) is 21.1. The normalized spacial score (nSPS) is 12.4. The van der Waals surface area contributed by atoms with Gasteiger partial charge in [0.25, 0.3) is 0 Å². The number of carbonyl (C=O) groups excluding carboxylic acids is 2. The lowest BCUT2D eigenvalue weighted by Crippen LogP contribution is -2.21. The number of rotatable bonds is 14. The number of nitrogens with zero attached hydrogens (tertiary/aromatic N) is 2. The van der Waals surface area contributed by atoms with Crippen molar-refractivity contribution in [3.63, 3.8) is 0 Å². The zero-order chi connectivity index (χ0) is 49.2. The molecule has 8 aromatic carbocycles. The smallest absolute Gasteiger partial charge is 0.194 e. The highest BCUT2D eigenvalue weighted by atomic mass is 16.1. The van der Waals surface area contributed by atoms with Gasteiger partial charge in [-0.1, -0.05) is 153 Å². The van der Waals surface area contributed by atoms with Gasteiger partial charge in [-0.25, -0.2) is 0 Å². The van der Waals surface area contributed by atoms with Crippen LogP contribution in [0.1, 0.15) is 135 Å². The fraction of sp³-hybridized carbons (Fsp3) is 0.242. The van der Waals surface area contributed by atoms with Gasteiger partial charge in [-0.3, -0.25) is 9.59 Å². The van der Waals surface area contributed by atoms with E-state index in [2.05, 4.69) is 211 Å². The molecule has 1 aliphatic rings. The summed E-state index contributed by atoms with van der Waals surface area (Å²) >= 11 is 0. The average Bonchev–Trinajstić information content (AvgIpc) is 3.37. The SMILES string of the molecule is CCCCc1ccc(N(c2ccc(-c3ccc4c(c3)C(=O)c3ccc(-c5ccc(N(c6ccc(CCCC)cc6)c6ccc(C(C)(C)C)cc6)cc5)cc3C4=O)cc2)c2ccc(C(C)(C)C)cc2)cc1. The molecule has 0 spiro atoms. The van der Waals surface area contributed by atoms with Gasteiger partial charge in [0.05, 0.1) is 0 Å². The molecule has 0 saturated carbocycles. The topological polar surface area (TPSA) is 40.6 Å². The van der Waals surface area contributed by atoms with Crippen molar-refractivity contribution in [3.8, 4) is 22.3 Å². The molecule has 0 atom stereocenters. The van der Waals surface area contributed by atoms with E-state index in [1.165, 1.54) is 47.9 Å². The number of carbonyl (C=O) groups is 2. The highest BCUT2D eigenvalue weighted by Gasteiger charge is 2.30. The van der Waals surface area contributed by atoms with E-state index in [4.69, 9.17) is 0 Å². The Morgan fingerprint density at radius 2 is 0.600 bits per heavy atom. The van der Waals surface area contributed by atoms with Crippen LogP contribution < -0.4 is 9.80 Å². The minimum Gasteiger partial charge on any atom is -0.311 e. The molecule has 4 nitrogen and oxygen atoms in total. The molecule has 1 aliphatic carbocycles. The summed E-state index contributed by atoms with van der Waals surface area (Å²) < 4.78 is 0. The first kappa shape index (κ1) is 47.8. The van der Waals surface area contributed by atoms with Crippen molar-refractivity contribution >= 4 is 45.7 Å². The molecule has 0 bridgehead atoms.